The van der Waals surface area contributed by atoms with E-state index in [0.29, 0.717) is 12.3 Å². The van der Waals surface area contributed by atoms with Crippen LogP contribution in [0.1, 0.15) is 46.0 Å². The van der Waals surface area contributed by atoms with Gasteiger partial charge in [0.1, 0.15) is 0 Å². The summed E-state index contributed by atoms with van der Waals surface area (Å²) >= 11 is 0. The van der Waals surface area contributed by atoms with Crippen molar-refractivity contribution in [3.8, 4) is 0 Å². The molecular weight excluding hydrogens is 250 g/mol. The van der Waals surface area contributed by atoms with E-state index in [1.54, 1.807) is 0 Å². The molecule has 0 rings (SSSR count). The lowest BCUT2D eigenvalue weighted by molar-refractivity contribution is -0.169. The number of halogens is 4. The Kier molecular flexibility index (Phi) is 7.95. The van der Waals surface area contributed by atoms with Crippen LogP contribution in [0.5, 0.6) is 0 Å². The Morgan fingerprint density at radius 2 is 1.67 bits per heavy atom. The van der Waals surface area contributed by atoms with Gasteiger partial charge in [-0.25, -0.2) is 8.78 Å². The first-order chi connectivity index (χ1) is 8.28. The second-order valence-corrected chi connectivity index (χ2v) is 4.78. The number of hydrogen-bond acceptors (Lipinski definition) is 1. The molecule has 2 nitrogen and oxygen atoms in total. The van der Waals surface area contributed by atoms with Crippen molar-refractivity contribution < 1.29 is 22.4 Å². The monoisotopic (exact) mass is 271 g/mol. The molecule has 0 unspecified atom stereocenters. The lowest BCUT2D eigenvalue weighted by Crippen LogP contribution is -2.45. The predicted octanol–water partition coefficient (Wildman–Crippen LogP) is 3.61. The summed E-state index contributed by atoms with van der Waals surface area (Å²) in [5.41, 5.74) is 0. The molecule has 0 aliphatic rings. The van der Waals surface area contributed by atoms with Crippen molar-refractivity contribution in [2.45, 2.75) is 58.3 Å². The molecule has 0 spiro atoms. The molecule has 0 fully saturated rings. The minimum absolute atomic E-state index is 0.0167. The molecule has 0 aromatic carbocycles. The molecule has 0 heterocycles. The number of amides is 1. The highest BCUT2D eigenvalue weighted by Gasteiger charge is 2.48. The van der Waals surface area contributed by atoms with E-state index >= 15 is 0 Å². The van der Waals surface area contributed by atoms with Crippen molar-refractivity contribution in [3.63, 3.8) is 0 Å². The molecule has 0 saturated carbocycles. The fraction of sp³-hybridized carbons (Fsp3) is 0.917. The summed E-state index contributed by atoms with van der Waals surface area (Å²) in [7, 11) is 0. The van der Waals surface area contributed by atoms with Gasteiger partial charge in [-0.3, -0.25) is 4.79 Å². The first kappa shape index (κ1) is 17.2. The van der Waals surface area contributed by atoms with Crippen LogP contribution in [0.15, 0.2) is 0 Å². The van der Waals surface area contributed by atoms with Crippen LogP contribution in [-0.4, -0.2) is 24.8 Å². The van der Waals surface area contributed by atoms with Crippen molar-refractivity contribution in [2.75, 3.05) is 6.54 Å². The van der Waals surface area contributed by atoms with Crippen LogP contribution < -0.4 is 5.32 Å². The number of carbonyl (C=O) groups excluding carboxylic acids is 1. The Bertz CT molecular complexity index is 244. The van der Waals surface area contributed by atoms with E-state index in [1.807, 2.05) is 5.32 Å². The molecular formula is C12H21F4NO. The van der Waals surface area contributed by atoms with Gasteiger partial charge in [-0.05, 0) is 12.3 Å². The molecule has 0 saturated heterocycles. The summed E-state index contributed by atoms with van der Waals surface area (Å²) < 4.78 is 48.6. The third-order valence-corrected chi connectivity index (χ3v) is 2.57. The summed E-state index contributed by atoms with van der Waals surface area (Å²) in [6.45, 7) is 4.25. The Morgan fingerprint density at radius 1 is 1.11 bits per heavy atom. The zero-order valence-electron chi connectivity index (χ0n) is 10.8. The van der Waals surface area contributed by atoms with Crippen LogP contribution in [0.3, 0.4) is 0 Å². The van der Waals surface area contributed by atoms with Gasteiger partial charge in [0, 0.05) is 6.54 Å². The van der Waals surface area contributed by atoms with Crippen LogP contribution in [0.2, 0.25) is 0 Å². The van der Waals surface area contributed by atoms with Crippen molar-refractivity contribution in [1.82, 2.24) is 5.32 Å². The summed E-state index contributed by atoms with van der Waals surface area (Å²) in [5, 5.41) is 1.84. The van der Waals surface area contributed by atoms with E-state index in [2.05, 4.69) is 13.8 Å². The van der Waals surface area contributed by atoms with Gasteiger partial charge < -0.3 is 5.32 Å². The molecule has 0 aliphatic heterocycles. The standard InChI is InChI=1S/C12H21F4NO/c1-9(2)7-5-3-4-6-8-17-11(18)12(15,16)10(13)14/h9-10H,3-8H2,1-2H3,(H,17,18). The summed E-state index contributed by atoms with van der Waals surface area (Å²) in [4.78, 5) is 10.7. The molecule has 1 amide bonds. The second kappa shape index (κ2) is 8.32. The Hall–Kier alpha value is -0.810. The number of nitrogens with one attached hydrogen (secondary N) is 1. The quantitative estimate of drug-likeness (QED) is 0.504. The van der Waals surface area contributed by atoms with E-state index in [4.69, 9.17) is 0 Å². The van der Waals surface area contributed by atoms with Gasteiger partial charge in [0.05, 0.1) is 0 Å². The van der Waals surface area contributed by atoms with Crippen LogP contribution >= 0.6 is 0 Å². The largest absolute Gasteiger partial charge is 0.383 e. The molecule has 6 heteroatoms. The number of rotatable bonds is 9. The number of hydrogen-bond donors (Lipinski definition) is 1. The lowest BCUT2D eigenvalue weighted by Gasteiger charge is -2.14. The summed E-state index contributed by atoms with van der Waals surface area (Å²) in [6, 6.07) is 0. The highest BCUT2D eigenvalue weighted by atomic mass is 19.3. The fourth-order valence-corrected chi connectivity index (χ4v) is 1.45. The Labute approximate surface area is 105 Å². The van der Waals surface area contributed by atoms with Gasteiger partial charge in [0.15, 0.2) is 0 Å². The molecule has 0 radical (unpaired) electrons. The maximum absolute atomic E-state index is 12.5. The van der Waals surface area contributed by atoms with Gasteiger partial charge in [-0.15, -0.1) is 0 Å². The minimum atomic E-state index is -4.59. The number of carbonyl (C=O) groups is 1. The van der Waals surface area contributed by atoms with Crippen LogP contribution in [0, 0.1) is 5.92 Å². The zero-order valence-corrected chi connectivity index (χ0v) is 10.8. The predicted molar refractivity (Wildman–Crippen MR) is 61.9 cm³/mol. The Balaban J connectivity index is 3.58. The normalized spacial score (nSPS) is 12.2. The average molecular weight is 271 g/mol. The molecule has 108 valence electrons. The molecule has 0 aromatic heterocycles. The maximum Gasteiger partial charge on any atom is 0.383 e. The fourth-order valence-electron chi connectivity index (χ4n) is 1.45. The van der Waals surface area contributed by atoms with E-state index in [1.165, 1.54) is 0 Å². The van der Waals surface area contributed by atoms with Gasteiger partial charge in [-0.1, -0.05) is 39.5 Å². The zero-order chi connectivity index (χ0) is 14.2. The second-order valence-electron chi connectivity index (χ2n) is 4.78. The highest BCUT2D eigenvalue weighted by Crippen LogP contribution is 2.22. The van der Waals surface area contributed by atoms with Crippen LogP contribution in [0.4, 0.5) is 17.6 Å². The van der Waals surface area contributed by atoms with Crippen LogP contribution in [0.25, 0.3) is 0 Å². The lowest BCUT2D eigenvalue weighted by atomic mass is 10.0. The smallest absolute Gasteiger partial charge is 0.351 e. The maximum atomic E-state index is 12.5. The summed E-state index contributed by atoms with van der Waals surface area (Å²) in [6.07, 6.45) is 0.494. The third-order valence-electron chi connectivity index (χ3n) is 2.57. The van der Waals surface area contributed by atoms with E-state index in [9.17, 15) is 22.4 Å². The molecule has 18 heavy (non-hydrogen) atoms. The van der Waals surface area contributed by atoms with Gasteiger partial charge in [0.2, 0.25) is 0 Å². The first-order valence-corrected chi connectivity index (χ1v) is 6.22. The van der Waals surface area contributed by atoms with Crippen molar-refractivity contribution >= 4 is 5.91 Å². The van der Waals surface area contributed by atoms with Gasteiger partial charge in [-0.2, -0.15) is 8.78 Å². The molecule has 0 bridgehead atoms. The van der Waals surface area contributed by atoms with E-state index in [0.717, 1.165) is 25.7 Å². The van der Waals surface area contributed by atoms with Crippen molar-refractivity contribution in [2.24, 2.45) is 5.92 Å². The number of unbranched alkanes of at least 4 members (excludes halogenated alkanes) is 3. The van der Waals surface area contributed by atoms with Crippen molar-refractivity contribution in [3.05, 3.63) is 0 Å². The molecule has 0 aliphatic carbocycles. The van der Waals surface area contributed by atoms with E-state index < -0.39 is 18.3 Å². The van der Waals surface area contributed by atoms with Crippen molar-refractivity contribution in [1.29, 1.82) is 0 Å². The average Bonchev–Trinajstić information content (AvgIpc) is 2.26. The van der Waals surface area contributed by atoms with E-state index in [-0.39, 0.29) is 6.54 Å². The molecule has 0 aromatic rings. The third kappa shape index (κ3) is 6.81. The summed E-state index contributed by atoms with van der Waals surface area (Å²) in [5.74, 6) is -5.84. The first-order valence-electron chi connectivity index (χ1n) is 6.22. The SMILES string of the molecule is CC(C)CCCCCCNC(=O)C(F)(F)C(F)F. The van der Waals surface area contributed by atoms with Gasteiger partial charge in [0.25, 0.3) is 5.91 Å². The topological polar surface area (TPSA) is 29.1 Å². The van der Waals surface area contributed by atoms with Gasteiger partial charge >= 0.3 is 12.3 Å². The molecule has 0 atom stereocenters. The molecule has 1 N–H and O–H groups in total. The number of alkyl halides is 4. The van der Waals surface area contributed by atoms with Crippen LogP contribution in [-0.2, 0) is 4.79 Å². The Morgan fingerprint density at radius 3 is 2.17 bits per heavy atom. The highest BCUT2D eigenvalue weighted by molar-refractivity contribution is 5.83. The minimum Gasteiger partial charge on any atom is -0.351 e.